The van der Waals surface area contributed by atoms with Crippen molar-refractivity contribution in [2.24, 2.45) is 0 Å². The maximum atomic E-state index is 11.7. The normalized spacial score (nSPS) is 11.1. The molecule has 6 nitrogen and oxygen atoms in total. The van der Waals surface area contributed by atoms with Gasteiger partial charge in [0.1, 0.15) is 5.75 Å². The molecule has 0 aliphatic heterocycles. The van der Waals surface area contributed by atoms with Gasteiger partial charge in [-0.05, 0) is 62.2 Å². The fourth-order valence-electron chi connectivity index (χ4n) is 3.79. The summed E-state index contributed by atoms with van der Waals surface area (Å²) in [7, 11) is 1.66. The Morgan fingerprint density at radius 3 is 2.52 bits per heavy atom. The maximum Gasteiger partial charge on any atom is 0.407 e. The van der Waals surface area contributed by atoms with E-state index in [1.165, 1.54) is 0 Å². The molecule has 170 valence electrons. The number of fused-ring (bicyclic) bond motifs is 2. The van der Waals surface area contributed by atoms with Crippen LogP contribution in [0.15, 0.2) is 60.7 Å². The van der Waals surface area contributed by atoms with Crippen molar-refractivity contribution < 1.29 is 14.3 Å². The first-order chi connectivity index (χ1) is 15.9. The Balaban J connectivity index is 1.63. The molecule has 4 rings (SSSR count). The van der Waals surface area contributed by atoms with E-state index in [9.17, 15) is 4.79 Å². The van der Waals surface area contributed by atoms with Crippen molar-refractivity contribution in [1.29, 1.82) is 0 Å². The summed E-state index contributed by atoms with van der Waals surface area (Å²) in [5.41, 5.74) is 6.01. The predicted molar refractivity (Wildman–Crippen MR) is 134 cm³/mol. The molecule has 0 unspecified atom stereocenters. The van der Waals surface area contributed by atoms with Crippen molar-refractivity contribution in [3.8, 4) is 5.75 Å². The van der Waals surface area contributed by atoms with Crippen LogP contribution >= 0.6 is 0 Å². The second-order valence-corrected chi connectivity index (χ2v) is 8.40. The number of benzene rings is 3. The number of rotatable bonds is 7. The molecular formula is C27H29N3O3. The third kappa shape index (κ3) is 5.34. The lowest BCUT2D eigenvalue weighted by Gasteiger charge is -2.15. The zero-order valence-corrected chi connectivity index (χ0v) is 19.4. The maximum absolute atomic E-state index is 11.7. The predicted octanol–water partition coefficient (Wildman–Crippen LogP) is 6.13. The van der Waals surface area contributed by atoms with Crippen LogP contribution in [0.3, 0.4) is 0 Å². The number of nitrogens with zero attached hydrogens (tertiary/aromatic N) is 1. The van der Waals surface area contributed by atoms with Crippen molar-refractivity contribution in [2.45, 2.75) is 33.2 Å². The number of carbonyl (C=O) groups is 1. The first kappa shape index (κ1) is 22.4. The molecule has 0 atom stereocenters. The molecule has 4 aromatic rings. The second kappa shape index (κ2) is 9.77. The van der Waals surface area contributed by atoms with E-state index in [1.54, 1.807) is 7.11 Å². The number of hydrogen-bond donors (Lipinski definition) is 2. The molecule has 6 heteroatoms. The summed E-state index contributed by atoms with van der Waals surface area (Å²) in [5.74, 6) is 0.774. The summed E-state index contributed by atoms with van der Waals surface area (Å²) in [5, 5.41) is 8.42. The Kier molecular flexibility index (Phi) is 6.63. The first-order valence-corrected chi connectivity index (χ1v) is 11.1. The van der Waals surface area contributed by atoms with E-state index in [0.717, 1.165) is 50.1 Å². The minimum atomic E-state index is -0.389. The molecule has 3 aromatic carbocycles. The number of aryl methyl sites for hydroxylation is 1. The minimum absolute atomic E-state index is 0.0544. The molecule has 0 fully saturated rings. The Morgan fingerprint density at radius 1 is 1.00 bits per heavy atom. The number of carbonyl (C=O) groups excluding carboxylic acids is 1. The van der Waals surface area contributed by atoms with E-state index in [-0.39, 0.29) is 12.1 Å². The van der Waals surface area contributed by atoms with Crippen molar-refractivity contribution in [2.75, 3.05) is 19.0 Å². The monoisotopic (exact) mass is 443 g/mol. The average molecular weight is 444 g/mol. The van der Waals surface area contributed by atoms with E-state index in [0.29, 0.717) is 13.0 Å². The van der Waals surface area contributed by atoms with Crippen LogP contribution in [0.1, 0.15) is 25.0 Å². The van der Waals surface area contributed by atoms with E-state index < -0.39 is 0 Å². The Hall–Kier alpha value is -3.80. The molecular weight excluding hydrogens is 414 g/mol. The van der Waals surface area contributed by atoms with Crippen LogP contribution in [0.2, 0.25) is 0 Å². The largest absolute Gasteiger partial charge is 0.497 e. The van der Waals surface area contributed by atoms with Gasteiger partial charge in [-0.2, -0.15) is 0 Å². The number of hydrogen-bond acceptors (Lipinski definition) is 5. The van der Waals surface area contributed by atoms with Crippen LogP contribution in [0.5, 0.6) is 5.75 Å². The van der Waals surface area contributed by atoms with Gasteiger partial charge in [-0.15, -0.1) is 0 Å². The fraction of sp³-hybridized carbons (Fsp3) is 0.259. The Labute approximate surface area is 193 Å². The van der Waals surface area contributed by atoms with E-state index in [4.69, 9.17) is 14.5 Å². The lowest BCUT2D eigenvalue weighted by molar-refractivity contribution is 0.145. The summed E-state index contributed by atoms with van der Waals surface area (Å²) in [6.07, 6.45) is 0.245. The number of amides is 1. The van der Waals surface area contributed by atoms with Crippen LogP contribution in [0.25, 0.3) is 21.8 Å². The quantitative estimate of drug-likeness (QED) is 0.336. The van der Waals surface area contributed by atoms with Gasteiger partial charge in [0.25, 0.3) is 0 Å². The molecule has 0 aliphatic rings. The minimum Gasteiger partial charge on any atom is -0.497 e. The van der Waals surface area contributed by atoms with Crippen molar-refractivity contribution in [3.63, 3.8) is 0 Å². The highest BCUT2D eigenvalue weighted by Gasteiger charge is 2.11. The van der Waals surface area contributed by atoms with E-state index >= 15 is 0 Å². The van der Waals surface area contributed by atoms with Crippen LogP contribution in [0, 0.1) is 6.92 Å². The molecule has 0 radical (unpaired) electrons. The SMILES string of the molecule is COc1ccc2c(Nc3cccc(CCOC(=O)NC(C)C)c3)c3ccc(C)cc3nc2c1. The Bertz CT molecular complexity index is 1300. The molecule has 0 spiro atoms. The number of pyridine rings is 1. The molecule has 1 heterocycles. The summed E-state index contributed by atoms with van der Waals surface area (Å²) < 4.78 is 10.7. The van der Waals surface area contributed by atoms with Gasteiger partial charge < -0.3 is 20.1 Å². The highest BCUT2D eigenvalue weighted by Crippen LogP contribution is 2.35. The van der Waals surface area contributed by atoms with Crippen molar-refractivity contribution in [1.82, 2.24) is 10.3 Å². The van der Waals surface area contributed by atoms with E-state index in [2.05, 4.69) is 41.8 Å². The topological polar surface area (TPSA) is 72.5 Å². The number of nitrogens with one attached hydrogen (secondary N) is 2. The third-order valence-electron chi connectivity index (χ3n) is 5.36. The molecule has 1 amide bonds. The van der Waals surface area contributed by atoms with Gasteiger partial charge in [0.2, 0.25) is 0 Å². The van der Waals surface area contributed by atoms with Gasteiger partial charge in [0, 0.05) is 35.0 Å². The van der Waals surface area contributed by atoms with Gasteiger partial charge in [0.05, 0.1) is 30.4 Å². The molecule has 0 bridgehead atoms. The first-order valence-electron chi connectivity index (χ1n) is 11.1. The van der Waals surface area contributed by atoms with Crippen molar-refractivity contribution in [3.05, 3.63) is 71.8 Å². The highest BCUT2D eigenvalue weighted by molar-refractivity contribution is 6.09. The molecule has 0 saturated carbocycles. The summed E-state index contributed by atoms with van der Waals surface area (Å²) >= 11 is 0. The molecule has 33 heavy (non-hydrogen) atoms. The molecule has 0 saturated heterocycles. The highest BCUT2D eigenvalue weighted by atomic mass is 16.5. The van der Waals surface area contributed by atoms with Crippen molar-refractivity contribution >= 4 is 39.3 Å². The molecule has 0 aliphatic carbocycles. The van der Waals surface area contributed by atoms with Crippen LogP contribution in [-0.4, -0.2) is 30.8 Å². The number of aromatic nitrogens is 1. The van der Waals surface area contributed by atoms with Crippen LogP contribution < -0.4 is 15.4 Å². The molecule has 2 N–H and O–H groups in total. The second-order valence-electron chi connectivity index (χ2n) is 8.40. The number of ether oxygens (including phenoxy) is 2. The smallest absolute Gasteiger partial charge is 0.407 e. The standard InChI is InChI=1S/C27H29N3O3/c1-17(2)28-27(31)33-13-12-19-6-5-7-20(15-19)29-26-22-10-8-18(3)14-24(22)30-25-16-21(32-4)9-11-23(25)26/h5-11,14-17H,12-13H2,1-4H3,(H,28,31)(H,29,30). The Morgan fingerprint density at radius 2 is 1.76 bits per heavy atom. The lowest BCUT2D eigenvalue weighted by Crippen LogP contribution is -2.31. The lowest BCUT2D eigenvalue weighted by atomic mass is 10.0. The fourth-order valence-corrected chi connectivity index (χ4v) is 3.79. The van der Waals surface area contributed by atoms with Gasteiger partial charge in [-0.25, -0.2) is 9.78 Å². The number of anilines is 2. The van der Waals surface area contributed by atoms with Gasteiger partial charge in [0.15, 0.2) is 0 Å². The van der Waals surface area contributed by atoms with E-state index in [1.807, 2.05) is 50.2 Å². The summed E-state index contributed by atoms with van der Waals surface area (Å²) in [6.45, 7) is 6.19. The summed E-state index contributed by atoms with van der Waals surface area (Å²) in [6, 6.07) is 20.4. The third-order valence-corrected chi connectivity index (χ3v) is 5.36. The zero-order valence-electron chi connectivity index (χ0n) is 19.4. The number of methoxy groups -OCH3 is 1. The van der Waals surface area contributed by atoms with Gasteiger partial charge in [-0.3, -0.25) is 0 Å². The number of alkyl carbamates (subject to hydrolysis) is 1. The van der Waals surface area contributed by atoms with Gasteiger partial charge >= 0.3 is 6.09 Å². The van der Waals surface area contributed by atoms with Gasteiger partial charge in [-0.1, -0.05) is 24.3 Å². The zero-order chi connectivity index (χ0) is 23.4. The van der Waals surface area contributed by atoms with Crippen LogP contribution in [0.4, 0.5) is 16.2 Å². The average Bonchev–Trinajstić information content (AvgIpc) is 2.78. The molecule has 1 aromatic heterocycles. The summed E-state index contributed by atoms with van der Waals surface area (Å²) in [4.78, 5) is 16.6. The van der Waals surface area contributed by atoms with Crippen LogP contribution in [-0.2, 0) is 11.2 Å².